The van der Waals surface area contributed by atoms with Crippen molar-refractivity contribution in [2.45, 2.75) is 10.7 Å². The fourth-order valence-corrected chi connectivity index (χ4v) is 1.55. The van der Waals surface area contributed by atoms with Gasteiger partial charge in [-0.15, -0.1) is 0 Å². The lowest BCUT2D eigenvalue weighted by Gasteiger charge is -2.08. The number of para-hydroxylation sites is 1. The van der Waals surface area contributed by atoms with Gasteiger partial charge in [0.2, 0.25) is 5.91 Å². The van der Waals surface area contributed by atoms with E-state index in [2.05, 4.69) is 5.32 Å². The van der Waals surface area contributed by atoms with Gasteiger partial charge in [-0.2, -0.15) is 8.78 Å². The second-order valence-electron chi connectivity index (χ2n) is 2.58. The van der Waals surface area contributed by atoms with Crippen LogP contribution < -0.4 is 5.32 Å². The number of alkyl halides is 2. The highest BCUT2D eigenvalue weighted by molar-refractivity contribution is 7.99. The molecule has 3 nitrogen and oxygen atoms in total. The maximum Gasteiger partial charge on any atom is 0.288 e. The lowest BCUT2D eigenvalue weighted by Crippen LogP contribution is -2.15. The van der Waals surface area contributed by atoms with Crippen LogP contribution in [0.2, 0.25) is 0 Å². The van der Waals surface area contributed by atoms with Crippen molar-refractivity contribution in [3.63, 3.8) is 0 Å². The normalized spacial score (nSPS) is 10.4. The molecule has 6 heteroatoms. The maximum atomic E-state index is 12.1. The molecule has 2 N–H and O–H groups in total. The van der Waals surface area contributed by atoms with E-state index in [-0.39, 0.29) is 10.6 Å². The molecule has 0 saturated heterocycles. The van der Waals surface area contributed by atoms with Crippen LogP contribution in [0, 0.1) is 0 Å². The first-order valence-electron chi connectivity index (χ1n) is 4.08. The Morgan fingerprint density at radius 3 is 2.73 bits per heavy atom. The zero-order valence-electron chi connectivity index (χ0n) is 7.61. The number of halogens is 2. The molecule has 1 aromatic carbocycles. The van der Waals surface area contributed by atoms with Crippen LogP contribution in [0.15, 0.2) is 29.2 Å². The topological polar surface area (TPSA) is 49.3 Å². The van der Waals surface area contributed by atoms with Crippen LogP contribution in [0.3, 0.4) is 0 Å². The van der Waals surface area contributed by atoms with Crippen LogP contribution in [0.4, 0.5) is 14.5 Å². The Balaban J connectivity index is 2.81. The van der Waals surface area contributed by atoms with Crippen molar-refractivity contribution in [1.29, 1.82) is 0 Å². The largest absolute Gasteiger partial charge is 0.387 e. The fourth-order valence-electron chi connectivity index (χ4n) is 0.958. The second kappa shape index (κ2) is 5.67. The van der Waals surface area contributed by atoms with Gasteiger partial charge in [-0.1, -0.05) is 23.9 Å². The summed E-state index contributed by atoms with van der Waals surface area (Å²) in [6, 6.07) is 6.18. The fraction of sp³-hybridized carbons (Fsp3) is 0.222. The number of carbonyl (C=O) groups excluding carboxylic acids is 1. The average molecular weight is 233 g/mol. The molecular formula is C9H9F2NO2S. The molecule has 1 rings (SSSR count). The van der Waals surface area contributed by atoms with Gasteiger partial charge < -0.3 is 10.4 Å². The molecular weight excluding hydrogens is 224 g/mol. The Kier molecular flexibility index (Phi) is 4.51. The predicted molar refractivity (Wildman–Crippen MR) is 54.0 cm³/mol. The van der Waals surface area contributed by atoms with Gasteiger partial charge in [-0.25, -0.2) is 0 Å². The molecule has 15 heavy (non-hydrogen) atoms. The summed E-state index contributed by atoms with van der Waals surface area (Å²) in [5, 5.41) is 10.8. The number of amides is 1. The lowest BCUT2D eigenvalue weighted by molar-refractivity contribution is -0.118. The third kappa shape index (κ3) is 3.85. The smallest absolute Gasteiger partial charge is 0.288 e. The minimum Gasteiger partial charge on any atom is -0.387 e. The van der Waals surface area contributed by atoms with E-state index in [0.717, 1.165) is 0 Å². The highest BCUT2D eigenvalue weighted by Gasteiger charge is 2.10. The van der Waals surface area contributed by atoms with Gasteiger partial charge in [0, 0.05) is 4.90 Å². The van der Waals surface area contributed by atoms with Gasteiger partial charge in [0.05, 0.1) is 5.69 Å². The van der Waals surface area contributed by atoms with Gasteiger partial charge in [0.1, 0.15) is 6.61 Å². The summed E-state index contributed by atoms with van der Waals surface area (Å²) in [4.78, 5) is 11.1. The molecule has 0 aliphatic rings. The zero-order valence-corrected chi connectivity index (χ0v) is 8.43. The third-order valence-corrected chi connectivity index (χ3v) is 2.31. The molecule has 0 aliphatic carbocycles. The van der Waals surface area contributed by atoms with Crippen LogP contribution in [-0.4, -0.2) is 23.4 Å². The van der Waals surface area contributed by atoms with Gasteiger partial charge in [0.15, 0.2) is 0 Å². The lowest BCUT2D eigenvalue weighted by atomic mass is 10.3. The molecule has 1 aromatic rings. The predicted octanol–water partition coefficient (Wildman–Crippen LogP) is 1.93. The quantitative estimate of drug-likeness (QED) is 0.781. The van der Waals surface area contributed by atoms with Crippen LogP contribution in [0.1, 0.15) is 0 Å². The van der Waals surface area contributed by atoms with Crippen molar-refractivity contribution in [2.75, 3.05) is 11.9 Å². The average Bonchev–Trinajstić information content (AvgIpc) is 2.20. The van der Waals surface area contributed by atoms with Crippen LogP contribution in [0.5, 0.6) is 0 Å². The summed E-state index contributed by atoms with van der Waals surface area (Å²) in [6.45, 7) is -0.673. The molecule has 0 fully saturated rings. The molecule has 0 heterocycles. The highest BCUT2D eigenvalue weighted by atomic mass is 32.2. The van der Waals surface area contributed by atoms with Crippen LogP contribution in [0.25, 0.3) is 0 Å². The standard InChI is InChI=1S/C9H9F2NO2S/c10-9(11)15-7-4-2-1-3-6(7)12-8(14)5-13/h1-4,9,13H,5H2,(H,12,14). The summed E-state index contributed by atoms with van der Waals surface area (Å²) in [5.41, 5.74) is 0.279. The van der Waals surface area contributed by atoms with E-state index >= 15 is 0 Å². The Morgan fingerprint density at radius 1 is 1.47 bits per heavy atom. The van der Waals surface area contributed by atoms with Gasteiger partial charge in [0.25, 0.3) is 5.76 Å². The van der Waals surface area contributed by atoms with E-state index in [1.807, 2.05) is 0 Å². The monoisotopic (exact) mass is 233 g/mol. The van der Waals surface area contributed by atoms with Gasteiger partial charge in [-0.05, 0) is 12.1 Å². The zero-order chi connectivity index (χ0) is 11.3. The first kappa shape index (κ1) is 11.9. The van der Waals surface area contributed by atoms with E-state index in [9.17, 15) is 13.6 Å². The highest BCUT2D eigenvalue weighted by Crippen LogP contribution is 2.31. The maximum absolute atomic E-state index is 12.1. The number of aliphatic hydroxyl groups excluding tert-OH is 1. The molecule has 0 spiro atoms. The van der Waals surface area contributed by atoms with Gasteiger partial charge in [-0.3, -0.25) is 4.79 Å². The second-order valence-corrected chi connectivity index (χ2v) is 3.61. The van der Waals surface area contributed by atoms with Crippen molar-refractivity contribution in [2.24, 2.45) is 0 Å². The van der Waals surface area contributed by atoms with Crippen molar-refractivity contribution in [1.82, 2.24) is 0 Å². The Morgan fingerprint density at radius 2 is 2.13 bits per heavy atom. The van der Waals surface area contributed by atoms with Crippen molar-refractivity contribution in [3.8, 4) is 0 Å². The SMILES string of the molecule is O=C(CO)Nc1ccccc1SC(F)F. The molecule has 0 saturated carbocycles. The number of carbonyl (C=O) groups is 1. The molecule has 0 aliphatic heterocycles. The van der Waals surface area contributed by atoms with Crippen LogP contribution in [-0.2, 0) is 4.79 Å². The van der Waals surface area contributed by atoms with Crippen molar-refractivity contribution in [3.05, 3.63) is 24.3 Å². The molecule has 0 atom stereocenters. The minimum absolute atomic E-state index is 0.273. The number of benzene rings is 1. The first-order chi connectivity index (χ1) is 7.13. The van der Waals surface area contributed by atoms with E-state index in [0.29, 0.717) is 11.8 Å². The number of hydrogen-bond donors (Lipinski definition) is 2. The summed E-state index contributed by atoms with van der Waals surface area (Å²) in [7, 11) is 0. The summed E-state index contributed by atoms with van der Waals surface area (Å²) in [5.74, 6) is -3.17. The molecule has 82 valence electrons. The summed E-state index contributed by atoms with van der Waals surface area (Å²) < 4.78 is 24.2. The van der Waals surface area contributed by atoms with Crippen molar-refractivity contribution < 1.29 is 18.7 Å². The molecule has 1 amide bonds. The Bertz CT molecular complexity index is 347. The number of rotatable bonds is 4. The van der Waals surface area contributed by atoms with Crippen LogP contribution >= 0.6 is 11.8 Å². The number of thioether (sulfide) groups is 1. The number of aliphatic hydroxyl groups is 1. The van der Waals surface area contributed by atoms with E-state index in [1.54, 1.807) is 12.1 Å². The van der Waals surface area contributed by atoms with E-state index < -0.39 is 18.3 Å². The number of hydrogen-bond acceptors (Lipinski definition) is 3. The summed E-state index contributed by atoms with van der Waals surface area (Å²) >= 11 is 0.348. The van der Waals surface area contributed by atoms with Gasteiger partial charge >= 0.3 is 0 Å². The summed E-state index contributed by atoms with van der Waals surface area (Å²) in [6.07, 6.45) is 0. The Labute approximate surface area is 89.5 Å². The Hall–Kier alpha value is -1.14. The molecule has 0 radical (unpaired) electrons. The number of anilines is 1. The first-order valence-corrected chi connectivity index (χ1v) is 4.96. The molecule has 0 aromatic heterocycles. The van der Waals surface area contributed by atoms with E-state index in [1.165, 1.54) is 12.1 Å². The molecule has 0 unspecified atom stereocenters. The number of nitrogens with one attached hydrogen (secondary N) is 1. The minimum atomic E-state index is -2.54. The third-order valence-electron chi connectivity index (χ3n) is 1.52. The van der Waals surface area contributed by atoms with E-state index in [4.69, 9.17) is 5.11 Å². The van der Waals surface area contributed by atoms with Crippen molar-refractivity contribution >= 4 is 23.4 Å². The molecule has 0 bridgehead atoms.